The fraction of sp³-hybridized carbons (Fsp3) is 0.0526. The Balaban J connectivity index is 1.96. The Kier molecular flexibility index (Phi) is 6.38. The lowest BCUT2D eigenvalue weighted by molar-refractivity contribution is -0.388. The number of nitro groups is 1. The summed E-state index contributed by atoms with van der Waals surface area (Å²) in [5.41, 5.74) is 0.815. The minimum absolute atomic E-state index is 0.203. The summed E-state index contributed by atoms with van der Waals surface area (Å²) in [6, 6.07) is 15.5. The molecule has 0 saturated carbocycles. The minimum Gasteiger partial charge on any atom is -0.279 e. The normalized spacial score (nSPS) is 11.3. The van der Waals surface area contributed by atoms with E-state index in [1.165, 1.54) is 12.1 Å². The molecule has 29 heavy (non-hydrogen) atoms. The molecular formula is C19H14Cl2N2O4S2. The maximum atomic E-state index is 12.7. The number of rotatable bonds is 6. The maximum absolute atomic E-state index is 12.7. The number of hydrogen-bond donors (Lipinski definition) is 1. The standard InChI is InChI=1S/C19H14Cl2N2O4S2/c1-12-4-2-3-5-17(12)22-29(26,27)14-7-9-19(18(11-14)23(24)25)28-13-6-8-15(20)16(21)10-13/h2-11,22H,1H3. The summed E-state index contributed by atoms with van der Waals surface area (Å²) in [6.07, 6.45) is 0. The van der Waals surface area contributed by atoms with Crippen molar-refractivity contribution in [1.82, 2.24) is 0 Å². The third-order valence-corrected chi connectivity index (χ3v) is 7.10. The van der Waals surface area contributed by atoms with Crippen molar-refractivity contribution in [3.8, 4) is 0 Å². The fourth-order valence-corrected chi connectivity index (χ4v) is 4.91. The van der Waals surface area contributed by atoms with Crippen LogP contribution in [0.25, 0.3) is 0 Å². The van der Waals surface area contributed by atoms with Gasteiger partial charge in [-0.25, -0.2) is 8.42 Å². The van der Waals surface area contributed by atoms with Crippen LogP contribution in [0.5, 0.6) is 0 Å². The van der Waals surface area contributed by atoms with Crippen molar-refractivity contribution in [3.05, 3.63) is 86.4 Å². The van der Waals surface area contributed by atoms with Gasteiger partial charge in [0, 0.05) is 11.0 Å². The fourth-order valence-electron chi connectivity index (χ4n) is 2.45. The van der Waals surface area contributed by atoms with Crippen LogP contribution in [-0.2, 0) is 10.0 Å². The lowest BCUT2D eigenvalue weighted by Gasteiger charge is -2.11. The molecule has 10 heteroatoms. The first-order chi connectivity index (χ1) is 13.7. The highest BCUT2D eigenvalue weighted by Gasteiger charge is 2.22. The molecule has 6 nitrogen and oxygen atoms in total. The van der Waals surface area contributed by atoms with E-state index in [2.05, 4.69) is 4.72 Å². The second-order valence-corrected chi connectivity index (χ2v) is 9.60. The number of nitrogens with zero attached hydrogens (tertiary/aromatic N) is 1. The van der Waals surface area contributed by atoms with Gasteiger partial charge in [-0.05, 0) is 48.9 Å². The molecule has 0 heterocycles. The summed E-state index contributed by atoms with van der Waals surface area (Å²) in [6.45, 7) is 1.76. The summed E-state index contributed by atoms with van der Waals surface area (Å²) in [5, 5.41) is 12.2. The molecule has 0 spiro atoms. The van der Waals surface area contributed by atoms with Crippen molar-refractivity contribution >= 4 is 56.4 Å². The molecule has 150 valence electrons. The second kappa shape index (κ2) is 8.62. The first kappa shape index (κ1) is 21.4. The number of sulfonamides is 1. The van der Waals surface area contributed by atoms with Gasteiger partial charge >= 0.3 is 0 Å². The number of nitro benzene ring substituents is 1. The van der Waals surface area contributed by atoms with Crippen LogP contribution in [0.3, 0.4) is 0 Å². The van der Waals surface area contributed by atoms with Gasteiger partial charge in [0.1, 0.15) is 0 Å². The topological polar surface area (TPSA) is 89.3 Å². The van der Waals surface area contributed by atoms with Crippen molar-refractivity contribution in [2.24, 2.45) is 0 Å². The van der Waals surface area contributed by atoms with Crippen molar-refractivity contribution < 1.29 is 13.3 Å². The first-order valence-corrected chi connectivity index (χ1v) is 11.2. The second-order valence-electron chi connectivity index (χ2n) is 5.99. The molecule has 0 fully saturated rings. The number of hydrogen-bond acceptors (Lipinski definition) is 5. The highest BCUT2D eigenvalue weighted by Crippen LogP contribution is 2.38. The van der Waals surface area contributed by atoms with Gasteiger partial charge < -0.3 is 0 Å². The Bertz CT molecular complexity index is 1200. The van der Waals surface area contributed by atoms with E-state index in [0.717, 1.165) is 23.4 Å². The Labute approximate surface area is 182 Å². The molecule has 0 amide bonds. The monoisotopic (exact) mass is 468 g/mol. The molecule has 0 aliphatic heterocycles. The van der Waals surface area contributed by atoms with E-state index >= 15 is 0 Å². The van der Waals surface area contributed by atoms with Crippen LogP contribution < -0.4 is 4.72 Å². The molecule has 1 N–H and O–H groups in total. The summed E-state index contributed by atoms with van der Waals surface area (Å²) < 4.78 is 27.9. The summed E-state index contributed by atoms with van der Waals surface area (Å²) in [4.78, 5) is 11.6. The van der Waals surface area contributed by atoms with E-state index in [9.17, 15) is 18.5 Å². The van der Waals surface area contributed by atoms with Crippen LogP contribution in [0.4, 0.5) is 11.4 Å². The summed E-state index contributed by atoms with van der Waals surface area (Å²) in [7, 11) is -4.00. The zero-order valence-electron chi connectivity index (χ0n) is 14.9. The lowest BCUT2D eigenvalue weighted by atomic mass is 10.2. The van der Waals surface area contributed by atoms with Gasteiger partial charge in [0.15, 0.2) is 0 Å². The van der Waals surface area contributed by atoms with E-state index in [1.54, 1.807) is 49.4 Å². The molecule has 3 aromatic rings. The van der Waals surface area contributed by atoms with Gasteiger partial charge in [-0.15, -0.1) is 0 Å². The van der Waals surface area contributed by atoms with E-state index in [-0.39, 0.29) is 15.5 Å². The molecule has 0 aliphatic carbocycles. The molecule has 0 radical (unpaired) electrons. The molecule has 0 aliphatic rings. The smallest absolute Gasteiger partial charge is 0.279 e. The quantitative estimate of drug-likeness (QED) is 0.345. The van der Waals surface area contributed by atoms with E-state index in [0.29, 0.717) is 20.6 Å². The highest BCUT2D eigenvalue weighted by molar-refractivity contribution is 7.99. The van der Waals surface area contributed by atoms with Gasteiger partial charge in [-0.3, -0.25) is 14.8 Å². The number of anilines is 1. The first-order valence-electron chi connectivity index (χ1n) is 8.17. The SMILES string of the molecule is Cc1ccccc1NS(=O)(=O)c1ccc(Sc2ccc(Cl)c(Cl)c2)c([N+](=O)[O-])c1. The van der Waals surface area contributed by atoms with Crippen LogP contribution in [0, 0.1) is 17.0 Å². The molecule has 0 unspecified atom stereocenters. The number of nitrogens with one attached hydrogen (secondary N) is 1. The molecule has 0 saturated heterocycles. The third-order valence-electron chi connectivity index (χ3n) is 3.95. The molecular weight excluding hydrogens is 455 g/mol. The van der Waals surface area contributed by atoms with Gasteiger partial charge in [0.2, 0.25) is 0 Å². The maximum Gasteiger partial charge on any atom is 0.284 e. The number of benzene rings is 3. The van der Waals surface area contributed by atoms with Crippen LogP contribution in [0.2, 0.25) is 10.0 Å². The van der Waals surface area contributed by atoms with Gasteiger partial charge in [0.05, 0.1) is 30.4 Å². The number of halogens is 2. The zero-order chi connectivity index (χ0) is 21.2. The largest absolute Gasteiger partial charge is 0.284 e. The van der Waals surface area contributed by atoms with Crippen LogP contribution >= 0.6 is 35.0 Å². The van der Waals surface area contributed by atoms with Gasteiger partial charge in [-0.2, -0.15) is 0 Å². The minimum atomic E-state index is -4.00. The molecule has 0 bridgehead atoms. The Morgan fingerprint density at radius 3 is 2.38 bits per heavy atom. The van der Waals surface area contributed by atoms with Crippen molar-refractivity contribution in [2.45, 2.75) is 21.6 Å². The predicted molar refractivity (Wildman–Crippen MR) is 116 cm³/mol. The lowest BCUT2D eigenvalue weighted by Crippen LogP contribution is -2.14. The Morgan fingerprint density at radius 2 is 1.72 bits per heavy atom. The third kappa shape index (κ3) is 5.02. The van der Waals surface area contributed by atoms with Gasteiger partial charge in [-0.1, -0.05) is 53.2 Å². The average molecular weight is 469 g/mol. The van der Waals surface area contributed by atoms with Crippen molar-refractivity contribution in [1.29, 1.82) is 0 Å². The van der Waals surface area contributed by atoms with Crippen LogP contribution in [-0.4, -0.2) is 13.3 Å². The number of aryl methyl sites for hydroxylation is 1. The van der Waals surface area contributed by atoms with Gasteiger partial charge in [0.25, 0.3) is 15.7 Å². The van der Waals surface area contributed by atoms with E-state index < -0.39 is 14.9 Å². The summed E-state index contributed by atoms with van der Waals surface area (Å²) >= 11 is 13.0. The molecule has 3 aromatic carbocycles. The molecule has 3 rings (SSSR count). The Morgan fingerprint density at radius 1 is 1.00 bits per heavy atom. The van der Waals surface area contributed by atoms with E-state index in [1.807, 2.05) is 0 Å². The Hall–Kier alpha value is -2.26. The summed E-state index contributed by atoms with van der Waals surface area (Å²) in [5.74, 6) is 0. The van der Waals surface area contributed by atoms with Crippen LogP contribution in [0.1, 0.15) is 5.56 Å². The highest BCUT2D eigenvalue weighted by atomic mass is 35.5. The van der Waals surface area contributed by atoms with E-state index in [4.69, 9.17) is 23.2 Å². The molecule has 0 aromatic heterocycles. The van der Waals surface area contributed by atoms with Crippen molar-refractivity contribution in [3.63, 3.8) is 0 Å². The zero-order valence-corrected chi connectivity index (χ0v) is 18.1. The van der Waals surface area contributed by atoms with Crippen LogP contribution in [0.15, 0.2) is 75.4 Å². The van der Waals surface area contributed by atoms with Crippen molar-refractivity contribution in [2.75, 3.05) is 4.72 Å². The molecule has 0 atom stereocenters. The number of para-hydroxylation sites is 1. The predicted octanol–water partition coefficient (Wildman–Crippen LogP) is 6.16. The average Bonchev–Trinajstić information content (AvgIpc) is 2.66.